The van der Waals surface area contributed by atoms with Gasteiger partial charge in [0.05, 0.1) is 10.6 Å². The Morgan fingerprint density at radius 1 is 1.22 bits per heavy atom. The van der Waals surface area contributed by atoms with E-state index in [0.717, 1.165) is 12.1 Å². The summed E-state index contributed by atoms with van der Waals surface area (Å²) >= 11 is 0. The van der Waals surface area contributed by atoms with E-state index in [0.29, 0.717) is 17.4 Å². The standard InChI is InChI=1S/C17H12F3N3O4/c1-10-3-2-4-15-21-11(7-16(24)22(10)15)9-27-14-6-5-12(23(25)26)8-13(14)17(18,19)20/h2-8H,9H2,1H3. The minimum atomic E-state index is -4.84. The molecule has 0 aliphatic heterocycles. The molecule has 0 radical (unpaired) electrons. The second-order valence-electron chi connectivity index (χ2n) is 5.67. The zero-order valence-electron chi connectivity index (χ0n) is 13.9. The van der Waals surface area contributed by atoms with Crippen molar-refractivity contribution in [2.45, 2.75) is 19.7 Å². The van der Waals surface area contributed by atoms with Gasteiger partial charge in [-0.15, -0.1) is 0 Å². The normalized spacial score (nSPS) is 11.6. The van der Waals surface area contributed by atoms with Crippen molar-refractivity contribution in [3.63, 3.8) is 0 Å². The highest BCUT2D eigenvalue weighted by Gasteiger charge is 2.36. The van der Waals surface area contributed by atoms with E-state index in [1.807, 2.05) is 0 Å². The minimum absolute atomic E-state index is 0.136. The fraction of sp³-hybridized carbons (Fsp3) is 0.176. The maximum atomic E-state index is 13.2. The van der Waals surface area contributed by atoms with E-state index in [1.54, 1.807) is 25.1 Å². The summed E-state index contributed by atoms with van der Waals surface area (Å²) in [6, 6.07) is 8.36. The van der Waals surface area contributed by atoms with Crippen LogP contribution in [0.25, 0.3) is 5.65 Å². The van der Waals surface area contributed by atoms with Crippen molar-refractivity contribution < 1.29 is 22.8 Å². The van der Waals surface area contributed by atoms with E-state index in [-0.39, 0.29) is 5.69 Å². The van der Waals surface area contributed by atoms with Crippen LogP contribution in [0.3, 0.4) is 0 Å². The molecule has 140 valence electrons. The van der Waals surface area contributed by atoms with Crippen LogP contribution in [-0.4, -0.2) is 14.3 Å². The Kier molecular flexibility index (Phi) is 4.56. The molecule has 10 heteroatoms. The Labute approximate surface area is 149 Å². The maximum Gasteiger partial charge on any atom is 0.420 e. The van der Waals surface area contributed by atoms with E-state index < -0.39 is 40.3 Å². The Morgan fingerprint density at radius 2 is 1.96 bits per heavy atom. The van der Waals surface area contributed by atoms with E-state index in [2.05, 4.69) is 4.98 Å². The number of benzene rings is 1. The molecule has 7 nitrogen and oxygen atoms in total. The van der Waals surface area contributed by atoms with E-state index in [4.69, 9.17) is 4.74 Å². The summed E-state index contributed by atoms with van der Waals surface area (Å²) in [7, 11) is 0. The third kappa shape index (κ3) is 3.73. The monoisotopic (exact) mass is 379 g/mol. The summed E-state index contributed by atoms with van der Waals surface area (Å²) in [5, 5.41) is 10.7. The topological polar surface area (TPSA) is 86.7 Å². The number of halogens is 3. The molecule has 1 aromatic carbocycles. The smallest absolute Gasteiger partial charge is 0.420 e. The van der Waals surface area contributed by atoms with Crippen molar-refractivity contribution in [2.24, 2.45) is 0 Å². The number of hydrogen-bond acceptors (Lipinski definition) is 5. The van der Waals surface area contributed by atoms with Crippen molar-refractivity contribution in [1.82, 2.24) is 9.38 Å². The number of non-ortho nitro benzene ring substituents is 1. The summed E-state index contributed by atoms with van der Waals surface area (Å²) in [4.78, 5) is 26.2. The Hall–Kier alpha value is -3.43. The first-order chi connectivity index (χ1) is 12.7. The molecule has 0 saturated heterocycles. The Morgan fingerprint density at radius 3 is 2.63 bits per heavy atom. The number of pyridine rings is 1. The molecule has 0 aliphatic rings. The second-order valence-corrected chi connectivity index (χ2v) is 5.67. The highest BCUT2D eigenvalue weighted by molar-refractivity contribution is 5.45. The van der Waals surface area contributed by atoms with Gasteiger partial charge in [-0.05, 0) is 25.1 Å². The van der Waals surface area contributed by atoms with Crippen molar-refractivity contribution in [3.8, 4) is 5.75 Å². The molecule has 3 aromatic rings. The molecule has 3 rings (SSSR count). The molecule has 0 unspecified atom stereocenters. The van der Waals surface area contributed by atoms with Gasteiger partial charge >= 0.3 is 6.18 Å². The molecular formula is C17H12F3N3O4. The average Bonchev–Trinajstić information content (AvgIpc) is 2.58. The van der Waals surface area contributed by atoms with Crippen LogP contribution in [0.2, 0.25) is 0 Å². The number of alkyl halides is 3. The SMILES string of the molecule is Cc1cccc2nc(COc3ccc([N+](=O)[O-])cc3C(F)(F)F)cc(=O)n12. The molecule has 0 amide bonds. The fourth-order valence-electron chi connectivity index (χ4n) is 2.57. The Bertz CT molecular complexity index is 1090. The minimum Gasteiger partial charge on any atom is -0.487 e. The van der Waals surface area contributed by atoms with Crippen LogP contribution in [0.5, 0.6) is 5.75 Å². The van der Waals surface area contributed by atoms with Gasteiger partial charge in [-0.3, -0.25) is 19.3 Å². The lowest BCUT2D eigenvalue weighted by molar-refractivity contribution is -0.385. The highest BCUT2D eigenvalue weighted by Crippen LogP contribution is 2.38. The van der Waals surface area contributed by atoms with Gasteiger partial charge < -0.3 is 4.74 Å². The summed E-state index contributed by atoms with van der Waals surface area (Å²) in [6.07, 6.45) is -4.84. The van der Waals surface area contributed by atoms with Crippen LogP contribution < -0.4 is 10.3 Å². The first-order valence-electron chi connectivity index (χ1n) is 7.63. The summed E-state index contributed by atoms with van der Waals surface area (Å²) in [5.74, 6) is -0.584. The third-order valence-corrected chi connectivity index (χ3v) is 3.79. The molecule has 27 heavy (non-hydrogen) atoms. The van der Waals surface area contributed by atoms with E-state index >= 15 is 0 Å². The molecule has 2 heterocycles. The van der Waals surface area contributed by atoms with Crippen LogP contribution in [0.15, 0.2) is 47.3 Å². The summed E-state index contributed by atoms with van der Waals surface area (Å²) in [6.45, 7) is 1.32. The second kappa shape index (κ2) is 6.71. The van der Waals surface area contributed by atoms with Gasteiger partial charge in [0.1, 0.15) is 23.6 Å². The maximum absolute atomic E-state index is 13.2. The van der Waals surface area contributed by atoms with Crippen LogP contribution in [-0.2, 0) is 12.8 Å². The number of ether oxygens (including phenoxy) is 1. The van der Waals surface area contributed by atoms with Crippen LogP contribution in [0.4, 0.5) is 18.9 Å². The lowest BCUT2D eigenvalue weighted by Gasteiger charge is -2.14. The van der Waals surface area contributed by atoms with Crippen molar-refractivity contribution >= 4 is 11.3 Å². The molecule has 0 atom stereocenters. The van der Waals surface area contributed by atoms with Crippen LogP contribution >= 0.6 is 0 Å². The van der Waals surface area contributed by atoms with Crippen LogP contribution in [0, 0.1) is 17.0 Å². The molecule has 0 N–H and O–H groups in total. The Balaban J connectivity index is 1.94. The van der Waals surface area contributed by atoms with Crippen molar-refractivity contribution in [1.29, 1.82) is 0 Å². The van der Waals surface area contributed by atoms with Gasteiger partial charge in [0.2, 0.25) is 0 Å². The number of nitro benzene ring substituents is 1. The molecular weight excluding hydrogens is 367 g/mol. The molecule has 0 fully saturated rings. The molecule has 0 saturated carbocycles. The number of aryl methyl sites for hydroxylation is 1. The van der Waals surface area contributed by atoms with Crippen molar-refractivity contribution in [3.05, 3.63) is 79.9 Å². The predicted octanol–water partition coefficient (Wildman–Crippen LogP) is 3.51. The summed E-state index contributed by atoms with van der Waals surface area (Å²) < 4.78 is 46.0. The number of aromatic nitrogens is 2. The van der Waals surface area contributed by atoms with E-state index in [9.17, 15) is 28.1 Å². The summed E-state index contributed by atoms with van der Waals surface area (Å²) in [5.41, 5.74) is -1.24. The van der Waals surface area contributed by atoms with Gasteiger partial charge in [0, 0.05) is 23.9 Å². The van der Waals surface area contributed by atoms with E-state index in [1.165, 1.54) is 10.5 Å². The number of nitrogens with zero attached hydrogens (tertiary/aromatic N) is 3. The molecule has 0 spiro atoms. The number of hydrogen-bond donors (Lipinski definition) is 0. The van der Waals surface area contributed by atoms with Gasteiger partial charge in [-0.2, -0.15) is 13.2 Å². The highest BCUT2D eigenvalue weighted by atomic mass is 19.4. The molecule has 0 bridgehead atoms. The zero-order valence-corrected chi connectivity index (χ0v) is 13.9. The number of nitro groups is 1. The largest absolute Gasteiger partial charge is 0.487 e. The number of fused-ring (bicyclic) bond motifs is 1. The lowest BCUT2D eigenvalue weighted by Crippen LogP contribution is -2.18. The third-order valence-electron chi connectivity index (χ3n) is 3.79. The van der Waals surface area contributed by atoms with Gasteiger partial charge in [0.25, 0.3) is 11.2 Å². The predicted molar refractivity (Wildman–Crippen MR) is 88.6 cm³/mol. The first kappa shape index (κ1) is 18.4. The lowest BCUT2D eigenvalue weighted by atomic mass is 10.1. The van der Waals surface area contributed by atoms with Gasteiger partial charge in [-0.1, -0.05) is 6.07 Å². The average molecular weight is 379 g/mol. The van der Waals surface area contributed by atoms with Gasteiger partial charge in [0.15, 0.2) is 0 Å². The van der Waals surface area contributed by atoms with Crippen LogP contribution in [0.1, 0.15) is 17.0 Å². The molecule has 2 aromatic heterocycles. The first-order valence-corrected chi connectivity index (χ1v) is 7.63. The fourth-order valence-corrected chi connectivity index (χ4v) is 2.57. The quantitative estimate of drug-likeness (QED) is 0.511. The molecule has 0 aliphatic carbocycles. The van der Waals surface area contributed by atoms with Crippen molar-refractivity contribution in [2.75, 3.05) is 0 Å². The zero-order chi connectivity index (χ0) is 19.8. The number of rotatable bonds is 4. The van der Waals surface area contributed by atoms with Gasteiger partial charge in [-0.25, -0.2) is 4.98 Å².